The lowest BCUT2D eigenvalue weighted by Crippen LogP contribution is -2.12. The van der Waals surface area contributed by atoms with Crippen molar-refractivity contribution < 1.29 is 14.3 Å². The van der Waals surface area contributed by atoms with Gasteiger partial charge in [0.25, 0.3) is 0 Å². The van der Waals surface area contributed by atoms with Crippen molar-refractivity contribution in [2.75, 3.05) is 6.54 Å². The highest BCUT2D eigenvalue weighted by Crippen LogP contribution is 2.31. The van der Waals surface area contributed by atoms with Gasteiger partial charge in [-0.05, 0) is 12.1 Å². The predicted molar refractivity (Wildman–Crippen MR) is 51.3 cm³/mol. The van der Waals surface area contributed by atoms with Gasteiger partial charge in [0.1, 0.15) is 5.58 Å². The van der Waals surface area contributed by atoms with Crippen molar-refractivity contribution in [3.05, 3.63) is 30.0 Å². The third kappa shape index (κ3) is 1.16. The van der Waals surface area contributed by atoms with E-state index in [1.54, 1.807) is 24.3 Å². The molecule has 2 aromatic rings. The number of hydrogen-bond donors (Lipinski definition) is 2. The fraction of sp³-hybridized carbons (Fsp3) is 0.100. The first-order valence-electron chi connectivity index (χ1n) is 4.18. The molecule has 0 spiro atoms. The van der Waals surface area contributed by atoms with Crippen molar-refractivity contribution in [3.63, 3.8) is 0 Å². The maximum atomic E-state index is 11.2. The first kappa shape index (κ1) is 8.77. The Morgan fingerprint density at radius 3 is 2.79 bits per heavy atom. The minimum absolute atomic E-state index is 0.0614. The molecule has 0 aliphatic carbocycles. The van der Waals surface area contributed by atoms with E-state index in [-0.39, 0.29) is 18.1 Å². The van der Waals surface area contributed by atoms with Crippen LogP contribution in [0, 0.1) is 0 Å². The highest BCUT2D eigenvalue weighted by molar-refractivity contribution is 6.03. The quantitative estimate of drug-likeness (QED) is 0.701. The molecule has 72 valence electrons. The Morgan fingerprint density at radius 2 is 2.14 bits per heavy atom. The van der Waals surface area contributed by atoms with E-state index in [9.17, 15) is 9.90 Å². The molecule has 14 heavy (non-hydrogen) atoms. The summed E-state index contributed by atoms with van der Waals surface area (Å²) in [4.78, 5) is 11.2. The van der Waals surface area contributed by atoms with E-state index in [2.05, 4.69) is 0 Å². The summed E-state index contributed by atoms with van der Waals surface area (Å²) in [6.45, 7) is -0.173. The Hall–Kier alpha value is -1.81. The van der Waals surface area contributed by atoms with Crippen molar-refractivity contribution in [2.45, 2.75) is 0 Å². The van der Waals surface area contributed by atoms with E-state index in [1.165, 1.54) is 0 Å². The van der Waals surface area contributed by atoms with Crippen LogP contribution in [-0.2, 0) is 0 Å². The number of carbonyl (C=O) groups is 1. The van der Waals surface area contributed by atoms with Crippen molar-refractivity contribution in [3.8, 4) is 5.75 Å². The summed E-state index contributed by atoms with van der Waals surface area (Å²) in [7, 11) is 0. The number of rotatable bonds is 2. The first-order chi connectivity index (χ1) is 6.74. The molecule has 1 aromatic heterocycles. The molecule has 0 unspecified atom stereocenters. The molecule has 4 heteroatoms. The molecule has 0 aliphatic rings. The van der Waals surface area contributed by atoms with Crippen LogP contribution in [0.15, 0.2) is 28.7 Å². The fourth-order valence-corrected chi connectivity index (χ4v) is 1.31. The third-order valence-corrected chi connectivity index (χ3v) is 2.01. The van der Waals surface area contributed by atoms with Gasteiger partial charge in [-0.2, -0.15) is 0 Å². The van der Waals surface area contributed by atoms with Crippen LogP contribution in [0.1, 0.15) is 10.6 Å². The third-order valence-electron chi connectivity index (χ3n) is 2.01. The smallest absolute Gasteiger partial charge is 0.215 e. The van der Waals surface area contributed by atoms with Gasteiger partial charge < -0.3 is 15.3 Å². The number of furan rings is 1. The molecule has 0 aliphatic heterocycles. The number of benzene rings is 1. The van der Waals surface area contributed by atoms with Crippen LogP contribution < -0.4 is 5.73 Å². The number of hydrogen-bond acceptors (Lipinski definition) is 4. The monoisotopic (exact) mass is 191 g/mol. The van der Waals surface area contributed by atoms with Gasteiger partial charge in [-0.15, -0.1) is 0 Å². The van der Waals surface area contributed by atoms with Crippen LogP contribution in [0.2, 0.25) is 0 Å². The SMILES string of the molecule is NCC(=O)c1oc2ccccc2c1O. The lowest BCUT2D eigenvalue weighted by molar-refractivity contribution is 0.0973. The molecule has 1 aromatic carbocycles. The molecule has 1 heterocycles. The highest BCUT2D eigenvalue weighted by atomic mass is 16.4. The van der Waals surface area contributed by atoms with E-state index < -0.39 is 5.78 Å². The minimum Gasteiger partial charge on any atom is -0.504 e. The maximum absolute atomic E-state index is 11.2. The number of nitrogens with two attached hydrogens (primary N) is 1. The number of fused-ring (bicyclic) bond motifs is 1. The standard InChI is InChI=1S/C10H9NO3/c11-5-7(12)10-9(13)6-3-1-2-4-8(6)14-10/h1-4,13H,5,11H2. The van der Waals surface area contributed by atoms with Crippen LogP contribution in [-0.4, -0.2) is 17.4 Å². The Labute approximate surface area is 79.9 Å². The summed E-state index contributed by atoms with van der Waals surface area (Å²) >= 11 is 0. The summed E-state index contributed by atoms with van der Waals surface area (Å²) < 4.78 is 5.17. The van der Waals surface area contributed by atoms with Gasteiger partial charge >= 0.3 is 0 Å². The molecule has 0 radical (unpaired) electrons. The second kappa shape index (κ2) is 3.16. The molecule has 0 amide bonds. The van der Waals surface area contributed by atoms with Crippen molar-refractivity contribution in [2.24, 2.45) is 5.73 Å². The summed E-state index contributed by atoms with van der Waals surface area (Å²) in [6.07, 6.45) is 0. The lowest BCUT2D eigenvalue weighted by atomic mass is 10.2. The van der Waals surface area contributed by atoms with Crippen LogP contribution >= 0.6 is 0 Å². The zero-order valence-corrected chi connectivity index (χ0v) is 7.36. The molecule has 0 bridgehead atoms. The van der Waals surface area contributed by atoms with E-state index in [1.807, 2.05) is 0 Å². The molecule has 0 saturated heterocycles. The number of carbonyl (C=O) groups excluding carboxylic acids is 1. The zero-order valence-electron chi connectivity index (χ0n) is 7.36. The first-order valence-corrected chi connectivity index (χ1v) is 4.18. The molecular formula is C10H9NO3. The lowest BCUT2D eigenvalue weighted by Gasteiger charge is -1.91. The molecule has 3 N–H and O–H groups in total. The second-order valence-corrected chi connectivity index (χ2v) is 2.90. The van der Waals surface area contributed by atoms with E-state index in [0.29, 0.717) is 11.0 Å². The molecule has 0 saturated carbocycles. The van der Waals surface area contributed by atoms with Gasteiger partial charge in [0.2, 0.25) is 11.5 Å². The maximum Gasteiger partial charge on any atom is 0.215 e. The van der Waals surface area contributed by atoms with E-state index in [0.717, 1.165) is 0 Å². The minimum atomic E-state index is -0.404. The van der Waals surface area contributed by atoms with Crippen molar-refractivity contribution in [1.29, 1.82) is 0 Å². The predicted octanol–water partition coefficient (Wildman–Crippen LogP) is 1.28. The van der Waals surface area contributed by atoms with Crippen LogP contribution in [0.4, 0.5) is 0 Å². The van der Waals surface area contributed by atoms with Gasteiger partial charge in [0.15, 0.2) is 5.75 Å². The van der Waals surface area contributed by atoms with Crippen LogP contribution in [0.25, 0.3) is 11.0 Å². The second-order valence-electron chi connectivity index (χ2n) is 2.90. The normalized spacial score (nSPS) is 10.6. The Balaban J connectivity index is 2.68. The number of ketones is 1. The molecule has 0 fully saturated rings. The van der Waals surface area contributed by atoms with Gasteiger partial charge in [-0.1, -0.05) is 12.1 Å². The summed E-state index contributed by atoms with van der Waals surface area (Å²) in [5.41, 5.74) is 5.66. The fourth-order valence-electron chi connectivity index (χ4n) is 1.31. The van der Waals surface area contributed by atoms with Gasteiger partial charge in [0, 0.05) is 0 Å². The number of Topliss-reactive ketones (excluding diaryl/α,β-unsaturated/α-hetero) is 1. The van der Waals surface area contributed by atoms with Crippen molar-refractivity contribution in [1.82, 2.24) is 0 Å². The summed E-state index contributed by atoms with van der Waals surface area (Å²) in [6, 6.07) is 6.89. The van der Waals surface area contributed by atoms with Crippen molar-refractivity contribution >= 4 is 16.8 Å². The van der Waals surface area contributed by atoms with E-state index in [4.69, 9.17) is 10.2 Å². The van der Waals surface area contributed by atoms with Crippen LogP contribution in [0.3, 0.4) is 0 Å². The van der Waals surface area contributed by atoms with Gasteiger partial charge in [0.05, 0.1) is 11.9 Å². The molecule has 0 atom stereocenters. The van der Waals surface area contributed by atoms with E-state index >= 15 is 0 Å². The largest absolute Gasteiger partial charge is 0.504 e. The highest BCUT2D eigenvalue weighted by Gasteiger charge is 2.17. The molecule has 2 rings (SSSR count). The Morgan fingerprint density at radius 1 is 1.43 bits per heavy atom. The Kier molecular flexibility index (Phi) is 1.98. The molecule has 4 nitrogen and oxygen atoms in total. The summed E-state index contributed by atoms with van der Waals surface area (Å²) in [5.74, 6) is -0.594. The number of aromatic hydroxyl groups is 1. The number of para-hydroxylation sites is 1. The average molecular weight is 191 g/mol. The van der Waals surface area contributed by atoms with Gasteiger partial charge in [-0.3, -0.25) is 4.79 Å². The zero-order chi connectivity index (χ0) is 10.1. The Bertz CT molecular complexity index is 487. The molecular weight excluding hydrogens is 182 g/mol. The summed E-state index contributed by atoms with van der Waals surface area (Å²) in [5, 5.41) is 10.2. The van der Waals surface area contributed by atoms with Gasteiger partial charge in [-0.25, -0.2) is 0 Å². The average Bonchev–Trinajstić information content (AvgIpc) is 2.56. The topological polar surface area (TPSA) is 76.5 Å². The van der Waals surface area contributed by atoms with Crippen LogP contribution in [0.5, 0.6) is 5.75 Å².